The third kappa shape index (κ3) is 6.39. The van der Waals surface area contributed by atoms with Crippen LogP contribution in [0.3, 0.4) is 0 Å². The molecule has 0 saturated carbocycles. The Bertz CT molecular complexity index is 854. The van der Waals surface area contributed by atoms with Gasteiger partial charge in [0.2, 0.25) is 0 Å². The van der Waals surface area contributed by atoms with Gasteiger partial charge in [-0.1, -0.05) is 50.2 Å². The zero-order valence-electron chi connectivity index (χ0n) is 19.9. The molecule has 1 heterocycles. The Hall–Kier alpha value is -2.25. The zero-order valence-corrected chi connectivity index (χ0v) is 19.9. The number of hydrogen-bond acceptors (Lipinski definition) is 5. The molecule has 174 valence electrons. The third-order valence-electron chi connectivity index (χ3n) is 6.56. The van der Waals surface area contributed by atoms with E-state index < -0.39 is 5.91 Å². The van der Waals surface area contributed by atoms with Gasteiger partial charge in [0, 0.05) is 50.4 Å². The minimum absolute atomic E-state index is 0.443. The number of benzene rings is 2. The van der Waals surface area contributed by atoms with Crippen LogP contribution >= 0.6 is 0 Å². The van der Waals surface area contributed by atoms with Crippen LogP contribution in [0.2, 0.25) is 0 Å². The first-order chi connectivity index (χ1) is 15.4. The summed E-state index contributed by atoms with van der Waals surface area (Å²) in [5.74, 6) is -0.479. The summed E-state index contributed by atoms with van der Waals surface area (Å²) in [5, 5.41) is 8.78. The summed E-state index contributed by atoms with van der Waals surface area (Å²) in [5.41, 5.74) is 6.10. The molecule has 0 bridgehead atoms. The smallest absolute Gasteiger partial charge is 0.274 e. The molecule has 1 fully saturated rings. The normalized spacial score (nSPS) is 19.9. The maximum absolute atomic E-state index is 11.5. The predicted octanol–water partition coefficient (Wildman–Crippen LogP) is 3.74. The van der Waals surface area contributed by atoms with Gasteiger partial charge in [0.05, 0.1) is 0 Å². The van der Waals surface area contributed by atoms with Crippen LogP contribution in [0.5, 0.6) is 0 Å². The summed E-state index contributed by atoms with van der Waals surface area (Å²) >= 11 is 0. The van der Waals surface area contributed by atoms with Gasteiger partial charge < -0.3 is 0 Å². The van der Waals surface area contributed by atoms with Crippen LogP contribution in [0.25, 0.3) is 0 Å². The Morgan fingerprint density at radius 3 is 2.19 bits per heavy atom. The SMILES string of the molecule is CCN(CC)Cc1cccc(CN2C[C@@H](C)N(Cc3ccc(C(=O)NO)cc3)[C@@H](C)C2)c1. The van der Waals surface area contributed by atoms with E-state index in [1.165, 1.54) is 16.7 Å². The van der Waals surface area contributed by atoms with Gasteiger partial charge in [-0.25, -0.2) is 5.48 Å². The Morgan fingerprint density at radius 2 is 1.59 bits per heavy atom. The van der Waals surface area contributed by atoms with E-state index in [1.807, 2.05) is 12.1 Å². The highest BCUT2D eigenvalue weighted by atomic mass is 16.5. The van der Waals surface area contributed by atoms with E-state index in [0.717, 1.165) is 45.8 Å². The van der Waals surface area contributed by atoms with Crippen LogP contribution in [-0.2, 0) is 19.6 Å². The average molecular weight is 439 g/mol. The van der Waals surface area contributed by atoms with Gasteiger partial charge in [0.15, 0.2) is 0 Å². The molecule has 0 unspecified atom stereocenters. The van der Waals surface area contributed by atoms with Crippen LogP contribution in [0.15, 0.2) is 48.5 Å². The molecule has 6 heteroatoms. The van der Waals surface area contributed by atoms with E-state index in [9.17, 15) is 4.79 Å². The monoisotopic (exact) mass is 438 g/mol. The number of hydroxylamine groups is 1. The molecular weight excluding hydrogens is 400 g/mol. The molecule has 1 saturated heterocycles. The fourth-order valence-electron chi connectivity index (χ4n) is 4.73. The first-order valence-electron chi connectivity index (χ1n) is 11.7. The highest BCUT2D eigenvalue weighted by molar-refractivity contribution is 5.93. The van der Waals surface area contributed by atoms with Crippen molar-refractivity contribution >= 4 is 5.91 Å². The maximum Gasteiger partial charge on any atom is 0.274 e. The van der Waals surface area contributed by atoms with Gasteiger partial charge in [-0.05, 0) is 55.8 Å². The Balaban J connectivity index is 1.58. The van der Waals surface area contributed by atoms with E-state index in [4.69, 9.17) is 5.21 Å². The maximum atomic E-state index is 11.5. The number of carbonyl (C=O) groups excluding carboxylic acids is 1. The molecule has 32 heavy (non-hydrogen) atoms. The first kappa shape index (κ1) is 24.4. The second kappa shape index (κ2) is 11.6. The van der Waals surface area contributed by atoms with Crippen molar-refractivity contribution in [3.8, 4) is 0 Å². The lowest BCUT2D eigenvalue weighted by atomic mass is 10.0. The largest absolute Gasteiger partial charge is 0.300 e. The number of amides is 1. The topological polar surface area (TPSA) is 59.0 Å². The quantitative estimate of drug-likeness (QED) is 0.461. The summed E-state index contributed by atoms with van der Waals surface area (Å²) in [6, 6.07) is 17.4. The van der Waals surface area contributed by atoms with Crippen molar-refractivity contribution in [3.63, 3.8) is 0 Å². The molecule has 2 aromatic rings. The van der Waals surface area contributed by atoms with Gasteiger partial charge in [-0.15, -0.1) is 0 Å². The van der Waals surface area contributed by atoms with Gasteiger partial charge in [-0.3, -0.25) is 24.7 Å². The number of hydrogen-bond donors (Lipinski definition) is 2. The van der Waals surface area contributed by atoms with Crippen LogP contribution in [0, 0.1) is 0 Å². The summed E-state index contributed by atoms with van der Waals surface area (Å²) in [4.78, 5) is 19.1. The summed E-state index contributed by atoms with van der Waals surface area (Å²) in [6.45, 7) is 16.1. The molecule has 2 N–H and O–H groups in total. The molecule has 0 spiro atoms. The molecule has 0 radical (unpaired) electrons. The summed E-state index contributed by atoms with van der Waals surface area (Å²) in [6.07, 6.45) is 0. The van der Waals surface area contributed by atoms with Gasteiger partial charge in [0.25, 0.3) is 5.91 Å². The lowest BCUT2D eigenvalue weighted by molar-refractivity contribution is 0.0290. The van der Waals surface area contributed by atoms with E-state index >= 15 is 0 Å². The number of carbonyl (C=O) groups is 1. The van der Waals surface area contributed by atoms with Crippen molar-refractivity contribution < 1.29 is 10.0 Å². The minimum Gasteiger partial charge on any atom is -0.300 e. The molecule has 3 rings (SSSR count). The average Bonchev–Trinajstić information content (AvgIpc) is 2.80. The molecule has 0 aliphatic carbocycles. The fraction of sp³-hybridized carbons (Fsp3) is 0.500. The van der Waals surface area contributed by atoms with E-state index in [-0.39, 0.29) is 0 Å². The number of piperazine rings is 1. The number of nitrogens with one attached hydrogen (secondary N) is 1. The molecule has 1 aliphatic heterocycles. The number of nitrogens with zero attached hydrogens (tertiary/aromatic N) is 3. The van der Waals surface area contributed by atoms with Crippen LogP contribution in [-0.4, -0.2) is 64.1 Å². The van der Waals surface area contributed by atoms with Gasteiger partial charge in [0.1, 0.15) is 0 Å². The van der Waals surface area contributed by atoms with Crippen molar-refractivity contribution in [2.75, 3.05) is 26.2 Å². The lowest BCUT2D eigenvalue weighted by Crippen LogP contribution is -2.55. The Morgan fingerprint density at radius 1 is 0.969 bits per heavy atom. The highest BCUT2D eigenvalue weighted by Gasteiger charge is 2.29. The highest BCUT2D eigenvalue weighted by Crippen LogP contribution is 2.21. The van der Waals surface area contributed by atoms with Crippen LogP contribution < -0.4 is 5.48 Å². The van der Waals surface area contributed by atoms with Crippen LogP contribution in [0.4, 0.5) is 0 Å². The van der Waals surface area contributed by atoms with Crippen molar-refractivity contribution in [2.45, 2.75) is 59.4 Å². The standard InChI is InChI=1S/C26H38N4O2/c1-5-28(6-2)17-23-8-7-9-24(14-23)18-29-15-20(3)30(21(4)16-29)19-22-10-12-25(13-11-22)26(31)27-32/h7-14,20-21,32H,5-6,15-19H2,1-4H3,(H,27,31)/t20-,21+. The van der Waals surface area contributed by atoms with Crippen molar-refractivity contribution in [3.05, 3.63) is 70.8 Å². The summed E-state index contributed by atoms with van der Waals surface area (Å²) in [7, 11) is 0. The molecule has 2 aromatic carbocycles. The predicted molar refractivity (Wildman–Crippen MR) is 129 cm³/mol. The van der Waals surface area contributed by atoms with Crippen molar-refractivity contribution in [1.29, 1.82) is 0 Å². The Labute approximate surface area is 192 Å². The Kier molecular flexibility index (Phi) is 8.82. The van der Waals surface area contributed by atoms with E-state index in [1.54, 1.807) is 17.6 Å². The zero-order chi connectivity index (χ0) is 23.1. The van der Waals surface area contributed by atoms with Gasteiger partial charge >= 0.3 is 0 Å². The summed E-state index contributed by atoms with van der Waals surface area (Å²) < 4.78 is 0. The second-order valence-electron chi connectivity index (χ2n) is 8.98. The third-order valence-corrected chi connectivity index (χ3v) is 6.56. The fourth-order valence-corrected chi connectivity index (χ4v) is 4.73. The minimum atomic E-state index is -0.479. The van der Waals surface area contributed by atoms with Crippen molar-refractivity contribution in [1.82, 2.24) is 20.2 Å². The number of rotatable bonds is 9. The molecule has 1 amide bonds. The van der Waals surface area contributed by atoms with Gasteiger partial charge in [-0.2, -0.15) is 0 Å². The van der Waals surface area contributed by atoms with Crippen molar-refractivity contribution in [2.24, 2.45) is 0 Å². The second-order valence-corrected chi connectivity index (χ2v) is 8.98. The lowest BCUT2D eigenvalue weighted by Gasteiger charge is -2.44. The molecule has 6 nitrogen and oxygen atoms in total. The molecule has 1 aliphatic rings. The van der Waals surface area contributed by atoms with Crippen LogP contribution in [0.1, 0.15) is 54.7 Å². The molecule has 0 aromatic heterocycles. The molecule has 2 atom stereocenters. The first-order valence-corrected chi connectivity index (χ1v) is 11.7. The van der Waals surface area contributed by atoms with E-state index in [2.05, 4.69) is 66.7 Å². The van der Waals surface area contributed by atoms with E-state index in [0.29, 0.717) is 17.6 Å². The molecular formula is C26H38N4O2.